The van der Waals surface area contributed by atoms with E-state index in [1.807, 2.05) is 0 Å². The second-order valence-electron chi connectivity index (χ2n) is 6.24. The van der Waals surface area contributed by atoms with Crippen LogP contribution in [0.4, 0.5) is 0 Å². The summed E-state index contributed by atoms with van der Waals surface area (Å²) in [5.74, 6) is 0.722. The summed E-state index contributed by atoms with van der Waals surface area (Å²) >= 11 is 0. The van der Waals surface area contributed by atoms with Gasteiger partial charge < -0.3 is 5.32 Å². The standard InChI is InChI=1S/C15H33N3/c1-7-8-16-9-12(2)15(5)18-10-13(3)17(6)14(4)11-18/h12-16H,7-11H2,1-6H3. The van der Waals surface area contributed by atoms with Gasteiger partial charge in [0.25, 0.3) is 0 Å². The van der Waals surface area contributed by atoms with Crippen LogP contribution in [-0.4, -0.2) is 61.2 Å². The Bertz CT molecular complexity index is 220. The molecule has 3 heteroatoms. The monoisotopic (exact) mass is 255 g/mol. The third-order valence-electron chi connectivity index (χ3n) is 4.68. The topological polar surface area (TPSA) is 18.5 Å². The summed E-state index contributed by atoms with van der Waals surface area (Å²) in [7, 11) is 2.25. The van der Waals surface area contributed by atoms with Crippen molar-refractivity contribution in [3.8, 4) is 0 Å². The lowest BCUT2D eigenvalue weighted by molar-refractivity contribution is 0.0241. The van der Waals surface area contributed by atoms with Crippen LogP contribution in [0.5, 0.6) is 0 Å². The smallest absolute Gasteiger partial charge is 0.0195 e. The highest BCUT2D eigenvalue weighted by Crippen LogP contribution is 2.19. The van der Waals surface area contributed by atoms with Crippen LogP contribution in [-0.2, 0) is 0 Å². The molecule has 1 saturated heterocycles. The molecule has 1 heterocycles. The van der Waals surface area contributed by atoms with Gasteiger partial charge in [-0.15, -0.1) is 0 Å². The number of piperazine rings is 1. The molecule has 0 aliphatic carbocycles. The van der Waals surface area contributed by atoms with Crippen LogP contribution in [0, 0.1) is 5.92 Å². The number of hydrogen-bond donors (Lipinski definition) is 1. The Labute approximate surface area is 114 Å². The fourth-order valence-electron chi connectivity index (χ4n) is 2.81. The van der Waals surface area contributed by atoms with Crippen molar-refractivity contribution in [1.82, 2.24) is 15.1 Å². The Kier molecular flexibility index (Phi) is 6.61. The summed E-state index contributed by atoms with van der Waals surface area (Å²) in [4.78, 5) is 5.18. The van der Waals surface area contributed by atoms with Crippen molar-refractivity contribution in [1.29, 1.82) is 0 Å². The van der Waals surface area contributed by atoms with Gasteiger partial charge in [-0.05, 0) is 53.2 Å². The maximum Gasteiger partial charge on any atom is 0.0195 e. The number of hydrogen-bond acceptors (Lipinski definition) is 3. The highest BCUT2D eigenvalue weighted by atomic mass is 15.3. The van der Waals surface area contributed by atoms with Crippen LogP contribution in [0.2, 0.25) is 0 Å². The van der Waals surface area contributed by atoms with E-state index in [0.29, 0.717) is 18.1 Å². The molecular weight excluding hydrogens is 222 g/mol. The molecule has 0 spiro atoms. The minimum atomic E-state index is 0.673. The van der Waals surface area contributed by atoms with Gasteiger partial charge in [-0.25, -0.2) is 0 Å². The highest BCUT2D eigenvalue weighted by molar-refractivity contribution is 4.87. The lowest BCUT2D eigenvalue weighted by Crippen LogP contribution is -2.58. The number of nitrogens with zero attached hydrogens (tertiary/aromatic N) is 2. The van der Waals surface area contributed by atoms with Crippen LogP contribution in [0.25, 0.3) is 0 Å². The number of rotatable bonds is 6. The van der Waals surface area contributed by atoms with E-state index in [-0.39, 0.29) is 0 Å². The Morgan fingerprint density at radius 2 is 1.72 bits per heavy atom. The molecule has 0 aromatic carbocycles. The van der Waals surface area contributed by atoms with Crippen LogP contribution < -0.4 is 5.32 Å². The first-order chi connectivity index (χ1) is 8.47. The second-order valence-corrected chi connectivity index (χ2v) is 6.24. The van der Waals surface area contributed by atoms with Crippen molar-refractivity contribution in [2.24, 2.45) is 5.92 Å². The van der Waals surface area contributed by atoms with E-state index in [9.17, 15) is 0 Å². The molecular formula is C15H33N3. The fourth-order valence-corrected chi connectivity index (χ4v) is 2.81. The van der Waals surface area contributed by atoms with E-state index < -0.39 is 0 Å². The Morgan fingerprint density at radius 1 is 1.17 bits per heavy atom. The summed E-state index contributed by atoms with van der Waals surface area (Å²) in [5, 5.41) is 3.55. The van der Waals surface area contributed by atoms with Crippen LogP contribution in [0.1, 0.15) is 41.0 Å². The predicted octanol–water partition coefficient (Wildman–Crippen LogP) is 2.03. The van der Waals surface area contributed by atoms with Crippen molar-refractivity contribution in [2.45, 2.75) is 59.2 Å². The van der Waals surface area contributed by atoms with Crippen LogP contribution in [0.3, 0.4) is 0 Å². The quantitative estimate of drug-likeness (QED) is 0.733. The fraction of sp³-hybridized carbons (Fsp3) is 1.00. The minimum Gasteiger partial charge on any atom is -0.316 e. The zero-order chi connectivity index (χ0) is 13.7. The van der Waals surface area contributed by atoms with E-state index >= 15 is 0 Å². The molecule has 108 valence electrons. The zero-order valence-electron chi connectivity index (χ0n) is 13.2. The molecule has 0 saturated carbocycles. The lowest BCUT2D eigenvalue weighted by atomic mass is 9.98. The van der Waals surface area contributed by atoms with Gasteiger partial charge in [-0.2, -0.15) is 0 Å². The number of nitrogens with one attached hydrogen (secondary N) is 1. The largest absolute Gasteiger partial charge is 0.316 e. The molecule has 1 N–H and O–H groups in total. The van der Waals surface area contributed by atoms with Gasteiger partial charge in [0.15, 0.2) is 0 Å². The molecule has 4 atom stereocenters. The Hall–Kier alpha value is -0.120. The van der Waals surface area contributed by atoms with Crippen molar-refractivity contribution >= 4 is 0 Å². The molecule has 1 fully saturated rings. The molecule has 4 unspecified atom stereocenters. The van der Waals surface area contributed by atoms with Crippen molar-refractivity contribution in [3.63, 3.8) is 0 Å². The van der Waals surface area contributed by atoms with E-state index in [2.05, 4.69) is 56.8 Å². The van der Waals surface area contributed by atoms with Crippen molar-refractivity contribution in [2.75, 3.05) is 33.2 Å². The van der Waals surface area contributed by atoms with Crippen molar-refractivity contribution < 1.29 is 0 Å². The predicted molar refractivity (Wildman–Crippen MR) is 80.0 cm³/mol. The summed E-state index contributed by atoms with van der Waals surface area (Å²) in [6.07, 6.45) is 1.23. The minimum absolute atomic E-state index is 0.673. The Morgan fingerprint density at radius 3 is 2.22 bits per heavy atom. The normalized spacial score (nSPS) is 30.3. The number of likely N-dealkylation sites (N-methyl/N-ethyl adjacent to an activating group) is 1. The zero-order valence-corrected chi connectivity index (χ0v) is 13.2. The van der Waals surface area contributed by atoms with Gasteiger partial charge in [0.05, 0.1) is 0 Å². The second kappa shape index (κ2) is 7.46. The first-order valence-electron chi connectivity index (χ1n) is 7.64. The van der Waals surface area contributed by atoms with E-state index in [1.54, 1.807) is 0 Å². The molecule has 0 radical (unpaired) electrons. The van der Waals surface area contributed by atoms with Gasteiger partial charge in [0.1, 0.15) is 0 Å². The average Bonchev–Trinajstić information content (AvgIpc) is 2.34. The van der Waals surface area contributed by atoms with E-state index in [0.717, 1.165) is 19.0 Å². The molecule has 1 aliphatic heterocycles. The van der Waals surface area contributed by atoms with Gasteiger partial charge in [0.2, 0.25) is 0 Å². The highest BCUT2D eigenvalue weighted by Gasteiger charge is 2.30. The van der Waals surface area contributed by atoms with Crippen molar-refractivity contribution in [3.05, 3.63) is 0 Å². The van der Waals surface area contributed by atoms with E-state index in [1.165, 1.54) is 19.5 Å². The van der Waals surface area contributed by atoms with E-state index in [4.69, 9.17) is 0 Å². The molecule has 1 aliphatic rings. The van der Waals surface area contributed by atoms with Crippen LogP contribution >= 0.6 is 0 Å². The summed E-state index contributed by atoms with van der Waals surface area (Å²) in [5.41, 5.74) is 0. The van der Waals surface area contributed by atoms with Gasteiger partial charge >= 0.3 is 0 Å². The molecule has 0 bridgehead atoms. The summed E-state index contributed by atoms with van der Waals surface area (Å²) < 4.78 is 0. The molecule has 1 rings (SSSR count). The maximum atomic E-state index is 3.55. The first-order valence-corrected chi connectivity index (χ1v) is 7.64. The Balaban J connectivity index is 2.43. The summed E-state index contributed by atoms with van der Waals surface area (Å²) in [6, 6.07) is 2.02. The average molecular weight is 255 g/mol. The third-order valence-corrected chi connectivity index (χ3v) is 4.68. The summed E-state index contributed by atoms with van der Waals surface area (Å²) in [6.45, 7) is 16.4. The van der Waals surface area contributed by atoms with Gasteiger partial charge in [0, 0.05) is 31.2 Å². The molecule has 0 aromatic rings. The molecule has 3 nitrogen and oxygen atoms in total. The maximum absolute atomic E-state index is 3.55. The molecule has 0 aromatic heterocycles. The first kappa shape index (κ1) is 15.9. The lowest BCUT2D eigenvalue weighted by Gasteiger charge is -2.46. The van der Waals surface area contributed by atoms with Gasteiger partial charge in [-0.1, -0.05) is 13.8 Å². The third kappa shape index (κ3) is 4.22. The molecule has 18 heavy (non-hydrogen) atoms. The molecule has 0 amide bonds. The SMILES string of the molecule is CCCNCC(C)C(C)N1CC(C)N(C)C(C)C1. The van der Waals surface area contributed by atoms with Gasteiger partial charge in [-0.3, -0.25) is 9.80 Å². The van der Waals surface area contributed by atoms with Crippen LogP contribution in [0.15, 0.2) is 0 Å².